The van der Waals surface area contributed by atoms with Gasteiger partial charge in [-0.25, -0.2) is 9.18 Å². The fourth-order valence-electron chi connectivity index (χ4n) is 2.12. The molecule has 0 radical (unpaired) electrons. The minimum atomic E-state index is -1.46. The molecule has 0 spiro atoms. The lowest BCUT2D eigenvalue weighted by molar-refractivity contribution is -0.143. The lowest BCUT2D eigenvalue weighted by Crippen LogP contribution is -2.35. The van der Waals surface area contributed by atoms with Crippen LogP contribution in [0.5, 0.6) is 5.75 Å². The monoisotopic (exact) mass is 367 g/mol. The van der Waals surface area contributed by atoms with Crippen molar-refractivity contribution in [2.75, 3.05) is 5.32 Å². The third-order valence-electron chi connectivity index (χ3n) is 3.44. The Hall–Kier alpha value is -2.60. The number of halogens is 2. The van der Waals surface area contributed by atoms with Gasteiger partial charge in [0.05, 0.1) is 0 Å². The van der Waals surface area contributed by atoms with E-state index in [2.05, 4.69) is 5.32 Å². The van der Waals surface area contributed by atoms with Crippen LogP contribution in [-0.4, -0.2) is 23.1 Å². The number of carboxylic acid groups (broad SMARTS) is 1. The Morgan fingerprint density at radius 1 is 1.24 bits per heavy atom. The summed E-state index contributed by atoms with van der Waals surface area (Å²) < 4.78 is 19.2. The summed E-state index contributed by atoms with van der Waals surface area (Å²) in [5.74, 6) is -2.61. The molecule has 1 unspecified atom stereocenters. The van der Waals surface area contributed by atoms with Crippen LogP contribution >= 0.6 is 12.4 Å². The van der Waals surface area contributed by atoms with Crippen LogP contribution in [0.15, 0.2) is 42.5 Å². The normalized spacial score (nSPS) is 11.2. The number of aryl methyl sites for hydroxylation is 1. The zero-order chi connectivity index (χ0) is 17.7. The molecule has 0 fully saturated rings. The minimum absolute atomic E-state index is 0. The Morgan fingerprint density at radius 3 is 2.52 bits per heavy atom. The number of Topliss-reactive ketones (excluding diaryl/α,β-unsaturated/α-hetero) is 1. The van der Waals surface area contributed by atoms with E-state index < -0.39 is 18.0 Å². The fourth-order valence-corrected chi connectivity index (χ4v) is 2.12. The average Bonchev–Trinajstić information content (AvgIpc) is 2.55. The molecule has 0 aliphatic rings. The predicted molar refractivity (Wildman–Crippen MR) is 95.1 cm³/mol. The number of ether oxygens (including phenoxy) is 1. The summed E-state index contributed by atoms with van der Waals surface area (Å²) in [6.07, 6.45) is -0.662. The van der Waals surface area contributed by atoms with Crippen molar-refractivity contribution in [3.8, 4) is 5.75 Å². The van der Waals surface area contributed by atoms with Gasteiger partial charge in [0.25, 0.3) is 6.23 Å². The van der Waals surface area contributed by atoms with Gasteiger partial charge >= 0.3 is 5.97 Å². The maximum absolute atomic E-state index is 14.0. The first kappa shape index (κ1) is 20.4. The Morgan fingerprint density at radius 2 is 1.96 bits per heavy atom. The molecule has 2 aromatic carbocycles. The molecule has 0 aromatic heterocycles. The second kappa shape index (κ2) is 9.03. The summed E-state index contributed by atoms with van der Waals surface area (Å²) in [6, 6.07) is 10.9. The topological polar surface area (TPSA) is 75.6 Å². The molecule has 0 bridgehead atoms. The van der Waals surface area contributed by atoms with Gasteiger partial charge in [-0.05, 0) is 49.2 Å². The number of carbonyl (C=O) groups excluding carboxylic acids is 1. The standard InChI is InChI=1S/C18H18FNO4.ClH/c1-3-12-5-4-6-14(9-12)20-17(18(22)23)24-16-8-7-13(11(2)21)10-15(16)19;/h4-10,17,20H,3H2,1-2H3,(H,22,23);1H. The molecule has 0 heterocycles. The van der Waals surface area contributed by atoms with Crippen LogP contribution in [0.25, 0.3) is 0 Å². The molecule has 134 valence electrons. The highest BCUT2D eigenvalue weighted by Crippen LogP contribution is 2.21. The van der Waals surface area contributed by atoms with E-state index in [-0.39, 0.29) is 29.5 Å². The number of hydrogen-bond acceptors (Lipinski definition) is 4. The second-order valence-electron chi connectivity index (χ2n) is 5.24. The largest absolute Gasteiger partial charge is 0.477 e. The molecule has 2 N–H and O–H groups in total. The molecule has 1 atom stereocenters. The van der Waals surface area contributed by atoms with Crippen molar-refractivity contribution in [1.29, 1.82) is 0 Å². The minimum Gasteiger partial charge on any atom is -0.477 e. The van der Waals surface area contributed by atoms with Gasteiger partial charge in [-0.2, -0.15) is 0 Å². The van der Waals surface area contributed by atoms with E-state index in [1.807, 2.05) is 13.0 Å². The van der Waals surface area contributed by atoms with Crippen molar-refractivity contribution in [3.05, 3.63) is 59.4 Å². The Bertz CT molecular complexity index is 766. The van der Waals surface area contributed by atoms with Gasteiger partial charge in [0.2, 0.25) is 0 Å². The first-order valence-corrected chi connectivity index (χ1v) is 7.46. The molecular formula is C18H19ClFNO4. The van der Waals surface area contributed by atoms with Crippen molar-refractivity contribution in [1.82, 2.24) is 0 Å². The van der Waals surface area contributed by atoms with Crippen LogP contribution < -0.4 is 10.1 Å². The average molecular weight is 368 g/mol. The van der Waals surface area contributed by atoms with Gasteiger partial charge in [0, 0.05) is 11.3 Å². The zero-order valence-electron chi connectivity index (χ0n) is 13.8. The lowest BCUT2D eigenvalue weighted by Gasteiger charge is -2.18. The fraction of sp³-hybridized carbons (Fsp3) is 0.222. The molecule has 25 heavy (non-hydrogen) atoms. The van der Waals surface area contributed by atoms with Crippen LogP contribution in [0.3, 0.4) is 0 Å². The van der Waals surface area contributed by atoms with Crippen molar-refractivity contribution >= 4 is 29.8 Å². The van der Waals surface area contributed by atoms with Crippen LogP contribution in [0.2, 0.25) is 0 Å². The quantitative estimate of drug-likeness (QED) is 0.573. The number of carboxylic acids is 1. The van der Waals surface area contributed by atoms with Gasteiger partial charge in [0.15, 0.2) is 17.3 Å². The number of aliphatic carboxylic acids is 1. The summed E-state index contributed by atoms with van der Waals surface area (Å²) in [4.78, 5) is 22.6. The number of hydrogen-bond donors (Lipinski definition) is 2. The Balaban J connectivity index is 0.00000312. The van der Waals surface area contributed by atoms with Crippen LogP contribution in [0.1, 0.15) is 29.8 Å². The van der Waals surface area contributed by atoms with E-state index in [0.29, 0.717) is 5.69 Å². The summed E-state index contributed by atoms with van der Waals surface area (Å²) in [7, 11) is 0. The molecule has 5 nitrogen and oxygen atoms in total. The summed E-state index contributed by atoms with van der Waals surface area (Å²) in [5.41, 5.74) is 1.78. The number of nitrogens with one attached hydrogen (secondary N) is 1. The molecule has 2 aromatic rings. The van der Waals surface area contributed by atoms with E-state index in [9.17, 15) is 19.1 Å². The molecular weight excluding hydrogens is 349 g/mol. The van der Waals surface area contributed by atoms with Crippen LogP contribution in [0, 0.1) is 5.82 Å². The Labute approximate surface area is 151 Å². The van der Waals surface area contributed by atoms with Crippen molar-refractivity contribution in [2.24, 2.45) is 0 Å². The van der Waals surface area contributed by atoms with E-state index in [4.69, 9.17) is 4.74 Å². The number of ketones is 1. The lowest BCUT2D eigenvalue weighted by atomic mass is 10.1. The van der Waals surface area contributed by atoms with Gasteiger partial charge in [-0.1, -0.05) is 19.1 Å². The second-order valence-corrected chi connectivity index (χ2v) is 5.24. The number of anilines is 1. The van der Waals surface area contributed by atoms with Gasteiger partial charge in [0.1, 0.15) is 0 Å². The van der Waals surface area contributed by atoms with Crippen molar-refractivity contribution < 1.29 is 23.8 Å². The summed E-state index contributed by atoms with van der Waals surface area (Å²) >= 11 is 0. The molecule has 0 aliphatic carbocycles. The molecule has 0 saturated heterocycles. The maximum atomic E-state index is 14.0. The Kier molecular flexibility index (Phi) is 7.39. The zero-order valence-corrected chi connectivity index (χ0v) is 14.6. The van der Waals surface area contributed by atoms with E-state index in [1.54, 1.807) is 18.2 Å². The van der Waals surface area contributed by atoms with E-state index in [0.717, 1.165) is 18.1 Å². The van der Waals surface area contributed by atoms with E-state index in [1.165, 1.54) is 19.1 Å². The van der Waals surface area contributed by atoms with Gasteiger partial charge < -0.3 is 15.2 Å². The third kappa shape index (κ3) is 5.46. The molecule has 7 heteroatoms. The van der Waals surface area contributed by atoms with E-state index >= 15 is 0 Å². The molecule has 2 rings (SSSR count). The molecule has 0 aliphatic heterocycles. The highest BCUT2D eigenvalue weighted by atomic mass is 35.5. The van der Waals surface area contributed by atoms with Gasteiger partial charge in [-0.15, -0.1) is 12.4 Å². The number of rotatable bonds is 7. The van der Waals surface area contributed by atoms with Crippen molar-refractivity contribution in [3.63, 3.8) is 0 Å². The highest BCUT2D eigenvalue weighted by Gasteiger charge is 2.21. The van der Waals surface area contributed by atoms with Crippen LogP contribution in [-0.2, 0) is 11.2 Å². The summed E-state index contributed by atoms with van der Waals surface area (Å²) in [6.45, 7) is 3.30. The highest BCUT2D eigenvalue weighted by molar-refractivity contribution is 5.94. The SMILES string of the molecule is CCc1cccc(NC(Oc2ccc(C(C)=O)cc2F)C(=O)O)c1.Cl. The smallest absolute Gasteiger partial charge is 0.366 e. The van der Waals surface area contributed by atoms with Crippen molar-refractivity contribution in [2.45, 2.75) is 26.5 Å². The molecule has 0 amide bonds. The third-order valence-corrected chi connectivity index (χ3v) is 3.44. The molecule has 0 saturated carbocycles. The van der Waals surface area contributed by atoms with Crippen LogP contribution in [0.4, 0.5) is 10.1 Å². The predicted octanol–water partition coefficient (Wildman–Crippen LogP) is 3.91. The first-order valence-electron chi connectivity index (χ1n) is 7.46. The number of benzene rings is 2. The first-order chi connectivity index (χ1) is 11.4. The van der Waals surface area contributed by atoms with Gasteiger partial charge in [-0.3, -0.25) is 4.79 Å². The maximum Gasteiger partial charge on any atom is 0.366 e. The summed E-state index contributed by atoms with van der Waals surface area (Å²) in [5, 5.41) is 12.0. The number of carbonyl (C=O) groups is 2.